The molecule has 1 amide bonds. The number of nitrogens with zero attached hydrogens (tertiary/aromatic N) is 1. The number of nitrogen functional groups attached to an aromatic ring is 1. The molecule has 0 fully saturated rings. The highest BCUT2D eigenvalue weighted by Gasteiger charge is 2.17. The van der Waals surface area contributed by atoms with E-state index in [1.165, 1.54) is 0 Å². The fourth-order valence-electron chi connectivity index (χ4n) is 2.79. The van der Waals surface area contributed by atoms with Crippen LogP contribution in [0.5, 0.6) is 0 Å². The molecule has 5 nitrogen and oxygen atoms in total. The SMILES string of the molecule is Cc1cccc(NC(=O)c2cn(C)c3cccc(N)c3c2=O)c1C. The fraction of sp³-hybridized carbons (Fsp3) is 0.158. The van der Waals surface area contributed by atoms with Crippen molar-refractivity contribution in [3.05, 3.63) is 69.5 Å². The highest BCUT2D eigenvalue weighted by atomic mass is 16.2. The first-order chi connectivity index (χ1) is 11.4. The molecule has 2 aromatic carbocycles. The van der Waals surface area contributed by atoms with E-state index in [9.17, 15) is 9.59 Å². The predicted molar refractivity (Wildman–Crippen MR) is 97.5 cm³/mol. The Morgan fingerprint density at radius 2 is 1.83 bits per heavy atom. The number of aromatic nitrogens is 1. The third-order valence-corrected chi connectivity index (χ3v) is 4.35. The van der Waals surface area contributed by atoms with Crippen molar-refractivity contribution in [1.82, 2.24) is 4.57 Å². The summed E-state index contributed by atoms with van der Waals surface area (Å²) in [6, 6.07) is 10.9. The Bertz CT molecular complexity index is 1020. The molecular weight excluding hydrogens is 302 g/mol. The topological polar surface area (TPSA) is 77.1 Å². The van der Waals surface area contributed by atoms with Gasteiger partial charge in [0.1, 0.15) is 5.56 Å². The highest BCUT2D eigenvalue weighted by molar-refractivity contribution is 6.07. The Morgan fingerprint density at radius 1 is 1.12 bits per heavy atom. The molecule has 0 spiro atoms. The number of pyridine rings is 1. The van der Waals surface area contributed by atoms with E-state index in [2.05, 4.69) is 5.32 Å². The van der Waals surface area contributed by atoms with Crippen LogP contribution in [-0.4, -0.2) is 10.5 Å². The maximum atomic E-state index is 12.7. The Labute approximate surface area is 139 Å². The maximum absolute atomic E-state index is 12.7. The zero-order chi connectivity index (χ0) is 17.4. The predicted octanol–water partition coefficient (Wildman–Crippen LogP) is 2.99. The summed E-state index contributed by atoms with van der Waals surface area (Å²) in [5, 5.41) is 3.20. The molecule has 0 saturated carbocycles. The minimum atomic E-state index is -0.436. The van der Waals surface area contributed by atoms with E-state index < -0.39 is 5.91 Å². The van der Waals surface area contributed by atoms with Gasteiger partial charge in [0, 0.05) is 24.6 Å². The Kier molecular flexibility index (Phi) is 3.85. The zero-order valence-electron chi connectivity index (χ0n) is 13.9. The van der Waals surface area contributed by atoms with Gasteiger partial charge in [0.05, 0.1) is 10.9 Å². The molecule has 5 heteroatoms. The molecule has 3 N–H and O–H groups in total. The number of carbonyl (C=O) groups excluding carboxylic acids is 1. The van der Waals surface area contributed by atoms with Gasteiger partial charge in [0.25, 0.3) is 5.91 Å². The summed E-state index contributed by atoms with van der Waals surface area (Å²) in [6.07, 6.45) is 1.55. The largest absolute Gasteiger partial charge is 0.398 e. The quantitative estimate of drug-likeness (QED) is 0.712. The van der Waals surface area contributed by atoms with Crippen LogP contribution in [0.4, 0.5) is 11.4 Å². The summed E-state index contributed by atoms with van der Waals surface area (Å²) in [7, 11) is 1.79. The van der Waals surface area contributed by atoms with Crippen molar-refractivity contribution < 1.29 is 4.79 Å². The molecule has 0 radical (unpaired) electrons. The van der Waals surface area contributed by atoms with Gasteiger partial charge in [-0.1, -0.05) is 18.2 Å². The van der Waals surface area contributed by atoms with Crippen LogP contribution in [0, 0.1) is 13.8 Å². The van der Waals surface area contributed by atoms with E-state index in [0.717, 1.165) is 11.1 Å². The molecule has 0 unspecified atom stereocenters. The lowest BCUT2D eigenvalue weighted by Crippen LogP contribution is -2.24. The molecule has 0 bridgehead atoms. The van der Waals surface area contributed by atoms with Crippen LogP contribution in [0.1, 0.15) is 21.5 Å². The number of fused-ring (bicyclic) bond motifs is 1. The van der Waals surface area contributed by atoms with E-state index in [0.29, 0.717) is 22.3 Å². The summed E-state index contributed by atoms with van der Waals surface area (Å²) in [5.74, 6) is -0.436. The maximum Gasteiger partial charge on any atom is 0.261 e. The Balaban J connectivity index is 2.11. The van der Waals surface area contributed by atoms with Gasteiger partial charge in [0.15, 0.2) is 0 Å². The normalized spacial score (nSPS) is 10.8. The van der Waals surface area contributed by atoms with Crippen molar-refractivity contribution in [2.75, 3.05) is 11.1 Å². The molecule has 0 saturated heterocycles. The zero-order valence-corrected chi connectivity index (χ0v) is 13.9. The van der Waals surface area contributed by atoms with Crippen LogP contribution in [0.3, 0.4) is 0 Å². The summed E-state index contributed by atoms with van der Waals surface area (Å²) in [6.45, 7) is 3.90. The first kappa shape index (κ1) is 15.8. The van der Waals surface area contributed by atoms with Crippen molar-refractivity contribution in [3.8, 4) is 0 Å². The second kappa shape index (κ2) is 5.85. The average Bonchev–Trinajstić information content (AvgIpc) is 2.55. The van der Waals surface area contributed by atoms with Gasteiger partial charge in [-0.2, -0.15) is 0 Å². The van der Waals surface area contributed by atoms with Gasteiger partial charge in [0.2, 0.25) is 5.43 Å². The molecule has 0 atom stereocenters. The molecule has 0 aliphatic heterocycles. The Morgan fingerprint density at radius 3 is 2.58 bits per heavy atom. The molecule has 3 rings (SSSR count). The standard InChI is InChI=1S/C19H19N3O2/c1-11-6-4-8-15(12(11)2)21-19(24)13-10-22(3)16-9-5-7-14(20)17(16)18(13)23/h4-10H,20H2,1-3H3,(H,21,24). The summed E-state index contributed by atoms with van der Waals surface area (Å²) in [5.41, 5.74) is 9.47. The van der Waals surface area contributed by atoms with Crippen molar-refractivity contribution in [3.63, 3.8) is 0 Å². The lowest BCUT2D eigenvalue weighted by Gasteiger charge is -2.13. The van der Waals surface area contributed by atoms with Crippen molar-refractivity contribution in [1.29, 1.82) is 0 Å². The first-order valence-electron chi connectivity index (χ1n) is 7.65. The number of hydrogen-bond acceptors (Lipinski definition) is 3. The van der Waals surface area contributed by atoms with Gasteiger partial charge in [-0.05, 0) is 43.2 Å². The van der Waals surface area contributed by atoms with E-state index in [1.807, 2.05) is 32.0 Å². The summed E-state index contributed by atoms with van der Waals surface area (Å²) < 4.78 is 1.74. The first-order valence-corrected chi connectivity index (χ1v) is 7.65. The number of benzene rings is 2. The minimum Gasteiger partial charge on any atom is -0.398 e. The average molecular weight is 321 g/mol. The molecule has 122 valence electrons. The molecule has 24 heavy (non-hydrogen) atoms. The van der Waals surface area contributed by atoms with Gasteiger partial charge < -0.3 is 15.6 Å². The molecule has 1 heterocycles. The van der Waals surface area contributed by atoms with Crippen LogP contribution in [0.15, 0.2) is 47.4 Å². The number of amides is 1. The molecule has 3 aromatic rings. The number of carbonyl (C=O) groups is 1. The van der Waals surface area contributed by atoms with Crippen LogP contribution in [0.25, 0.3) is 10.9 Å². The van der Waals surface area contributed by atoms with Crippen LogP contribution < -0.4 is 16.5 Å². The Hall–Kier alpha value is -3.08. The van der Waals surface area contributed by atoms with Gasteiger partial charge in [-0.15, -0.1) is 0 Å². The number of nitrogens with two attached hydrogens (primary N) is 1. The van der Waals surface area contributed by atoms with Crippen molar-refractivity contribution >= 4 is 28.2 Å². The second-order valence-corrected chi connectivity index (χ2v) is 5.93. The lowest BCUT2D eigenvalue weighted by molar-refractivity contribution is 0.102. The highest BCUT2D eigenvalue weighted by Crippen LogP contribution is 2.20. The number of hydrogen-bond donors (Lipinski definition) is 2. The number of anilines is 2. The molecule has 1 aromatic heterocycles. The van der Waals surface area contributed by atoms with E-state index in [-0.39, 0.29) is 11.0 Å². The van der Waals surface area contributed by atoms with Crippen LogP contribution >= 0.6 is 0 Å². The molecule has 0 aliphatic rings. The third-order valence-electron chi connectivity index (χ3n) is 4.35. The van der Waals surface area contributed by atoms with Crippen LogP contribution in [-0.2, 0) is 7.05 Å². The number of nitrogens with one attached hydrogen (secondary N) is 1. The van der Waals surface area contributed by atoms with Crippen molar-refractivity contribution in [2.45, 2.75) is 13.8 Å². The van der Waals surface area contributed by atoms with E-state index >= 15 is 0 Å². The minimum absolute atomic E-state index is 0.0730. The van der Waals surface area contributed by atoms with Crippen molar-refractivity contribution in [2.24, 2.45) is 7.05 Å². The van der Waals surface area contributed by atoms with E-state index in [4.69, 9.17) is 5.73 Å². The summed E-state index contributed by atoms with van der Waals surface area (Å²) >= 11 is 0. The van der Waals surface area contributed by atoms with Crippen LogP contribution in [0.2, 0.25) is 0 Å². The third kappa shape index (κ3) is 2.54. The fourth-order valence-corrected chi connectivity index (χ4v) is 2.79. The van der Waals surface area contributed by atoms with E-state index in [1.54, 1.807) is 36.0 Å². The molecular formula is C19H19N3O2. The second-order valence-electron chi connectivity index (χ2n) is 5.93. The number of rotatable bonds is 2. The van der Waals surface area contributed by atoms with Gasteiger partial charge in [-0.25, -0.2) is 0 Å². The smallest absolute Gasteiger partial charge is 0.261 e. The molecule has 0 aliphatic carbocycles. The van der Waals surface area contributed by atoms with Gasteiger partial charge >= 0.3 is 0 Å². The van der Waals surface area contributed by atoms with Gasteiger partial charge in [-0.3, -0.25) is 9.59 Å². The number of aryl methyl sites for hydroxylation is 2. The summed E-state index contributed by atoms with van der Waals surface area (Å²) in [4.78, 5) is 25.4. The lowest BCUT2D eigenvalue weighted by atomic mass is 10.1. The monoisotopic (exact) mass is 321 g/mol.